The van der Waals surface area contributed by atoms with Gasteiger partial charge in [0.05, 0.1) is 23.1 Å². The van der Waals surface area contributed by atoms with E-state index in [4.69, 9.17) is 16.9 Å². The van der Waals surface area contributed by atoms with Crippen molar-refractivity contribution in [2.75, 3.05) is 23.4 Å². The Hall–Kier alpha value is -2.65. The molecule has 0 bridgehead atoms. The van der Waals surface area contributed by atoms with Gasteiger partial charge in [-0.2, -0.15) is 5.26 Å². The van der Waals surface area contributed by atoms with Crippen LogP contribution in [0.3, 0.4) is 0 Å². The Balaban J connectivity index is 1.81. The number of likely N-dealkylation sites (N-methyl/N-ethyl adjacent to an activating group) is 1. The van der Waals surface area contributed by atoms with E-state index in [2.05, 4.69) is 9.97 Å². The van der Waals surface area contributed by atoms with Crippen LogP contribution in [0.25, 0.3) is 0 Å². The van der Waals surface area contributed by atoms with Crippen molar-refractivity contribution in [1.29, 1.82) is 5.26 Å². The van der Waals surface area contributed by atoms with Crippen molar-refractivity contribution in [2.24, 2.45) is 0 Å². The third-order valence-corrected chi connectivity index (χ3v) is 4.22. The normalized spacial score (nSPS) is 17.2. The van der Waals surface area contributed by atoms with Gasteiger partial charge in [0, 0.05) is 13.6 Å². The molecule has 1 aliphatic heterocycles. The van der Waals surface area contributed by atoms with Crippen LogP contribution >= 0.6 is 11.6 Å². The van der Waals surface area contributed by atoms with Crippen molar-refractivity contribution >= 4 is 29.0 Å². The van der Waals surface area contributed by atoms with Crippen LogP contribution in [0.4, 0.5) is 11.5 Å². The topological polar surface area (TPSA) is 73.1 Å². The molecule has 6 nitrogen and oxygen atoms in total. The highest BCUT2D eigenvalue weighted by atomic mass is 35.5. The predicted molar refractivity (Wildman–Crippen MR) is 87.4 cm³/mol. The average Bonchev–Trinajstić information content (AvgIpc) is 2.96. The Kier molecular flexibility index (Phi) is 4.13. The number of para-hydroxylation sites is 1. The van der Waals surface area contributed by atoms with Gasteiger partial charge < -0.3 is 9.80 Å². The molecule has 23 heavy (non-hydrogen) atoms. The molecule has 0 aliphatic carbocycles. The molecule has 0 N–H and O–H groups in total. The van der Waals surface area contributed by atoms with E-state index in [1.54, 1.807) is 22.9 Å². The van der Waals surface area contributed by atoms with Crippen LogP contribution in [0.1, 0.15) is 12.1 Å². The van der Waals surface area contributed by atoms with Gasteiger partial charge in [-0.25, -0.2) is 9.97 Å². The van der Waals surface area contributed by atoms with Gasteiger partial charge in [-0.15, -0.1) is 0 Å². The number of halogens is 1. The summed E-state index contributed by atoms with van der Waals surface area (Å²) < 4.78 is 0. The number of hydrogen-bond acceptors (Lipinski definition) is 5. The van der Waals surface area contributed by atoms with E-state index in [9.17, 15) is 4.79 Å². The third kappa shape index (κ3) is 2.83. The molecule has 0 saturated carbocycles. The number of rotatable bonds is 3. The minimum absolute atomic E-state index is 0.0215. The predicted octanol–water partition coefficient (Wildman–Crippen LogP) is 2.24. The van der Waals surface area contributed by atoms with Crippen molar-refractivity contribution in [2.45, 2.75) is 12.5 Å². The van der Waals surface area contributed by atoms with Crippen LogP contribution in [-0.4, -0.2) is 35.5 Å². The summed E-state index contributed by atoms with van der Waals surface area (Å²) in [5.74, 6) is 0.537. The molecular formula is C16H14ClN5O. The lowest BCUT2D eigenvalue weighted by atomic mass is 10.2. The summed E-state index contributed by atoms with van der Waals surface area (Å²) in [5.41, 5.74) is 0.971. The molecule has 2 aromatic rings. The smallest absolute Gasteiger partial charge is 0.249 e. The molecule has 1 atom stereocenters. The number of carbonyl (C=O) groups excluding carboxylic acids is 1. The summed E-state index contributed by atoms with van der Waals surface area (Å²) in [6, 6.07) is 8.90. The molecule has 1 fully saturated rings. The molecule has 116 valence electrons. The lowest BCUT2D eigenvalue weighted by Crippen LogP contribution is -2.40. The lowest BCUT2D eigenvalue weighted by molar-refractivity contribution is -0.118. The van der Waals surface area contributed by atoms with E-state index in [-0.39, 0.29) is 17.6 Å². The van der Waals surface area contributed by atoms with Crippen molar-refractivity contribution in [1.82, 2.24) is 9.97 Å². The second-order valence-electron chi connectivity index (χ2n) is 5.23. The fourth-order valence-corrected chi connectivity index (χ4v) is 2.89. The highest BCUT2D eigenvalue weighted by Crippen LogP contribution is 2.30. The standard InChI is InChI=1S/C16H14ClN5O/c1-21(15-10-19-11(8-18)9-20-15)14-6-7-22(16(14)23)13-5-3-2-4-12(13)17/h2-5,9-10,14H,6-7H2,1H3/t14-/m0/s1. The SMILES string of the molecule is CN(c1cnc(C#N)cn1)[C@H]1CCN(c2ccccc2Cl)C1=O. The minimum Gasteiger partial charge on any atom is -0.346 e. The Morgan fingerprint density at radius 1 is 1.35 bits per heavy atom. The molecular weight excluding hydrogens is 314 g/mol. The number of nitriles is 1. The molecule has 0 unspecified atom stereocenters. The maximum Gasteiger partial charge on any atom is 0.249 e. The van der Waals surface area contributed by atoms with Crippen LogP contribution in [-0.2, 0) is 4.79 Å². The van der Waals surface area contributed by atoms with Crippen LogP contribution in [0.5, 0.6) is 0 Å². The Labute approximate surface area is 138 Å². The van der Waals surface area contributed by atoms with E-state index in [1.165, 1.54) is 12.4 Å². The molecule has 1 aliphatic rings. The first kappa shape index (κ1) is 15.3. The minimum atomic E-state index is -0.325. The Morgan fingerprint density at radius 2 is 2.13 bits per heavy atom. The van der Waals surface area contributed by atoms with Gasteiger partial charge in [0.25, 0.3) is 0 Å². The zero-order chi connectivity index (χ0) is 16.4. The van der Waals surface area contributed by atoms with Crippen LogP contribution in [0.2, 0.25) is 5.02 Å². The summed E-state index contributed by atoms with van der Waals surface area (Å²) >= 11 is 6.19. The molecule has 7 heteroatoms. The van der Waals surface area contributed by atoms with Gasteiger partial charge >= 0.3 is 0 Å². The lowest BCUT2D eigenvalue weighted by Gasteiger charge is -2.24. The number of anilines is 2. The highest BCUT2D eigenvalue weighted by molar-refractivity contribution is 6.34. The van der Waals surface area contributed by atoms with Crippen LogP contribution in [0, 0.1) is 11.3 Å². The number of carbonyl (C=O) groups is 1. The maximum atomic E-state index is 12.7. The number of benzene rings is 1. The van der Waals surface area contributed by atoms with E-state index >= 15 is 0 Å². The van der Waals surface area contributed by atoms with E-state index in [0.717, 1.165) is 5.69 Å². The first-order valence-corrected chi connectivity index (χ1v) is 7.50. The second kappa shape index (κ2) is 6.23. The van der Waals surface area contributed by atoms with Gasteiger partial charge in [-0.1, -0.05) is 23.7 Å². The van der Waals surface area contributed by atoms with Crippen molar-refractivity contribution in [3.63, 3.8) is 0 Å². The van der Waals surface area contributed by atoms with E-state index in [1.807, 2.05) is 24.3 Å². The first-order valence-electron chi connectivity index (χ1n) is 7.12. The average molecular weight is 328 g/mol. The summed E-state index contributed by atoms with van der Waals surface area (Å²) in [7, 11) is 1.80. The second-order valence-corrected chi connectivity index (χ2v) is 5.64. The molecule has 2 heterocycles. The molecule has 1 saturated heterocycles. The number of hydrogen-bond donors (Lipinski definition) is 0. The quantitative estimate of drug-likeness (QED) is 0.864. The van der Waals surface area contributed by atoms with Crippen LogP contribution in [0.15, 0.2) is 36.7 Å². The highest BCUT2D eigenvalue weighted by Gasteiger charge is 2.36. The van der Waals surface area contributed by atoms with Gasteiger partial charge in [-0.3, -0.25) is 4.79 Å². The number of aromatic nitrogens is 2. The largest absolute Gasteiger partial charge is 0.346 e. The molecule has 1 aromatic heterocycles. The van der Waals surface area contributed by atoms with E-state index < -0.39 is 0 Å². The van der Waals surface area contributed by atoms with Gasteiger partial charge in [0.15, 0.2) is 5.69 Å². The zero-order valence-corrected chi connectivity index (χ0v) is 13.2. The zero-order valence-electron chi connectivity index (χ0n) is 12.5. The Bertz CT molecular complexity index is 771. The van der Waals surface area contributed by atoms with Crippen molar-refractivity contribution in [3.8, 4) is 6.07 Å². The molecule has 0 radical (unpaired) electrons. The summed E-state index contributed by atoms with van der Waals surface area (Å²) in [5, 5.41) is 9.33. The molecule has 1 aromatic carbocycles. The monoisotopic (exact) mass is 327 g/mol. The van der Waals surface area contributed by atoms with Gasteiger partial charge in [0.2, 0.25) is 5.91 Å². The fraction of sp³-hybridized carbons (Fsp3) is 0.250. The van der Waals surface area contributed by atoms with Gasteiger partial charge in [-0.05, 0) is 18.6 Å². The summed E-state index contributed by atoms with van der Waals surface area (Å²) in [4.78, 5) is 24.4. The molecule has 0 spiro atoms. The van der Waals surface area contributed by atoms with E-state index in [0.29, 0.717) is 23.8 Å². The number of amides is 1. The van der Waals surface area contributed by atoms with Crippen LogP contribution < -0.4 is 9.80 Å². The van der Waals surface area contributed by atoms with Crippen molar-refractivity contribution < 1.29 is 4.79 Å². The van der Waals surface area contributed by atoms with Crippen molar-refractivity contribution in [3.05, 3.63) is 47.4 Å². The number of nitrogens with zero attached hydrogens (tertiary/aromatic N) is 5. The Morgan fingerprint density at radius 3 is 2.78 bits per heavy atom. The molecule has 1 amide bonds. The summed E-state index contributed by atoms with van der Waals surface area (Å²) in [6.07, 6.45) is 3.57. The fourth-order valence-electron chi connectivity index (χ4n) is 2.65. The third-order valence-electron chi connectivity index (χ3n) is 3.90. The van der Waals surface area contributed by atoms with Gasteiger partial charge in [0.1, 0.15) is 17.9 Å². The summed E-state index contributed by atoms with van der Waals surface area (Å²) in [6.45, 7) is 0.598. The molecule has 3 rings (SSSR count). The first-order chi connectivity index (χ1) is 11.1. The maximum absolute atomic E-state index is 12.7.